The molecular formula is C14H21ClN2O. The molecule has 1 aliphatic heterocycles. The molecular weight excluding hydrogens is 248 g/mol. The van der Waals surface area contributed by atoms with Crippen LogP contribution in [0.15, 0.2) is 24.3 Å². The second-order valence-electron chi connectivity index (χ2n) is 5.25. The van der Waals surface area contributed by atoms with E-state index < -0.39 is 0 Å². The fraction of sp³-hybridized carbons (Fsp3) is 0.571. The Balaban J connectivity index is 2.24. The highest BCUT2D eigenvalue weighted by Crippen LogP contribution is 2.32. The van der Waals surface area contributed by atoms with E-state index in [2.05, 4.69) is 9.80 Å². The molecule has 0 aromatic heterocycles. The maximum absolute atomic E-state index is 9.74. The first-order valence-corrected chi connectivity index (χ1v) is 6.75. The van der Waals surface area contributed by atoms with E-state index in [-0.39, 0.29) is 12.1 Å². The van der Waals surface area contributed by atoms with E-state index in [0.29, 0.717) is 0 Å². The minimum atomic E-state index is -0.155. The van der Waals surface area contributed by atoms with Crippen molar-refractivity contribution in [1.82, 2.24) is 4.90 Å². The number of hydrogen-bond donors (Lipinski definition) is 1. The SMILES string of the molecule is CN(C)C1(CO)CCCN(c2ccccc2Cl)C1. The molecule has 1 unspecified atom stereocenters. The molecule has 1 heterocycles. The van der Waals surface area contributed by atoms with Crippen LogP contribution in [0, 0.1) is 0 Å². The van der Waals surface area contributed by atoms with Crippen LogP contribution in [-0.2, 0) is 0 Å². The van der Waals surface area contributed by atoms with E-state index >= 15 is 0 Å². The van der Waals surface area contributed by atoms with Crippen molar-refractivity contribution in [2.75, 3.05) is 38.7 Å². The van der Waals surface area contributed by atoms with Crippen molar-refractivity contribution in [3.8, 4) is 0 Å². The first kappa shape index (κ1) is 13.7. The summed E-state index contributed by atoms with van der Waals surface area (Å²) >= 11 is 6.26. The quantitative estimate of drug-likeness (QED) is 0.911. The van der Waals surface area contributed by atoms with E-state index in [0.717, 1.165) is 36.6 Å². The number of aliphatic hydroxyl groups excluding tert-OH is 1. The molecule has 1 saturated heterocycles. The molecule has 1 N–H and O–H groups in total. The fourth-order valence-corrected chi connectivity index (χ4v) is 2.92. The number of anilines is 1. The lowest BCUT2D eigenvalue weighted by atomic mass is 9.88. The Kier molecular flexibility index (Phi) is 4.15. The van der Waals surface area contributed by atoms with Crippen LogP contribution < -0.4 is 4.90 Å². The zero-order valence-corrected chi connectivity index (χ0v) is 11.8. The summed E-state index contributed by atoms with van der Waals surface area (Å²) in [6.07, 6.45) is 2.10. The number of benzene rings is 1. The first-order valence-electron chi connectivity index (χ1n) is 6.37. The van der Waals surface area contributed by atoms with Crippen molar-refractivity contribution < 1.29 is 5.11 Å². The lowest BCUT2D eigenvalue weighted by molar-refractivity contribution is 0.0547. The number of hydrogen-bond acceptors (Lipinski definition) is 3. The van der Waals surface area contributed by atoms with Crippen LogP contribution in [0.25, 0.3) is 0 Å². The predicted molar refractivity (Wildman–Crippen MR) is 76.4 cm³/mol. The number of rotatable bonds is 3. The Morgan fingerprint density at radius 3 is 2.72 bits per heavy atom. The van der Waals surface area contributed by atoms with Crippen LogP contribution in [0.4, 0.5) is 5.69 Å². The highest BCUT2D eigenvalue weighted by Gasteiger charge is 2.37. The van der Waals surface area contributed by atoms with E-state index in [1.165, 1.54) is 0 Å². The van der Waals surface area contributed by atoms with Crippen molar-refractivity contribution in [2.45, 2.75) is 18.4 Å². The number of aliphatic hydroxyl groups is 1. The largest absolute Gasteiger partial charge is 0.394 e. The van der Waals surface area contributed by atoms with Gasteiger partial charge in [-0.25, -0.2) is 0 Å². The lowest BCUT2D eigenvalue weighted by Gasteiger charge is -2.47. The number of piperidine rings is 1. The van der Waals surface area contributed by atoms with Crippen molar-refractivity contribution in [1.29, 1.82) is 0 Å². The number of likely N-dealkylation sites (N-methyl/N-ethyl adjacent to an activating group) is 1. The molecule has 1 atom stereocenters. The maximum atomic E-state index is 9.74. The zero-order valence-electron chi connectivity index (χ0n) is 11.1. The number of para-hydroxylation sites is 1. The summed E-state index contributed by atoms with van der Waals surface area (Å²) in [5.41, 5.74) is 0.913. The highest BCUT2D eigenvalue weighted by molar-refractivity contribution is 6.33. The number of nitrogens with zero attached hydrogens (tertiary/aromatic N) is 2. The van der Waals surface area contributed by atoms with Gasteiger partial charge in [0.2, 0.25) is 0 Å². The summed E-state index contributed by atoms with van der Waals surface area (Å²) in [5.74, 6) is 0. The molecule has 18 heavy (non-hydrogen) atoms. The van der Waals surface area contributed by atoms with Gasteiger partial charge in [-0.3, -0.25) is 4.90 Å². The molecule has 4 heteroatoms. The second kappa shape index (κ2) is 5.47. The van der Waals surface area contributed by atoms with Crippen LogP contribution in [0.1, 0.15) is 12.8 Å². The van der Waals surface area contributed by atoms with Gasteiger partial charge in [-0.15, -0.1) is 0 Å². The Labute approximate surface area is 114 Å². The van der Waals surface area contributed by atoms with Gasteiger partial charge < -0.3 is 10.0 Å². The van der Waals surface area contributed by atoms with Crippen LogP contribution in [0.2, 0.25) is 5.02 Å². The summed E-state index contributed by atoms with van der Waals surface area (Å²) in [6, 6.07) is 7.92. The molecule has 1 fully saturated rings. The van der Waals surface area contributed by atoms with Crippen LogP contribution >= 0.6 is 11.6 Å². The third-order valence-electron chi connectivity index (χ3n) is 3.99. The van der Waals surface area contributed by atoms with Gasteiger partial charge >= 0.3 is 0 Å². The Bertz CT molecular complexity index is 411. The average molecular weight is 269 g/mol. The van der Waals surface area contributed by atoms with Crippen molar-refractivity contribution >= 4 is 17.3 Å². The molecule has 3 nitrogen and oxygen atoms in total. The Hall–Kier alpha value is -0.770. The van der Waals surface area contributed by atoms with Crippen LogP contribution in [0.3, 0.4) is 0 Å². The van der Waals surface area contributed by atoms with E-state index in [9.17, 15) is 5.11 Å². The molecule has 0 aliphatic carbocycles. The molecule has 0 spiro atoms. The molecule has 0 radical (unpaired) electrons. The molecule has 1 aromatic rings. The summed E-state index contributed by atoms with van der Waals surface area (Å²) in [4.78, 5) is 4.41. The third-order valence-corrected chi connectivity index (χ3v) is 4.31. The molecule has 100 valence electrons. The lowest BCUT2D eigenvalue weighted by Crippen LogP contribution is -2.58. The van der Waals surface area contributed by atoms with Gasteiger partial charge in [-0.1, -0.05) is 23.7 Å². The summed E-state index contributed by atoms with van der Waals surface area (Å²) in [5, 5.41) is 10.5. The van der Waals surface area contributed by atoms with Crippen LogP contribution in [0.5, 0.6) is 0 Å². The smallest absolute Gasteiger partial charge is 0.0639 e. The zero-order chi connectivity index (χ0) is 13.2. The van der Waals surface area contributed by atoms with Gasteiger partial charge in [-0.05, 0) is 39.1 Å². The van der Waals surface area contributed by atoms with Gasteiger partial charge in [0.1, 0.15) is 0 Å². The predicted octanol–water partition coefficient (Wildman–Crippen LogP) is 2.23. The summed E-state index contributed by atoms with van der Waals surface area (Å²) < 4.78 is 0. The van der Waals surface area contributed by atoms with Gasteiger partial charge in [0.05, 0.1) is 22.9 Å². The van der Waals surface area contributed by atoms with Crippen molar-refractivity contribution in [3.05, 3.63) is 29.3 Å². The highest BCUT2D eigenvalue weighted by atomic mass is 35.5. The van der Waals surface area contributed by atoms with Gasteiger partial charge in [-0.2, -0.15) is 0 Å². The molecule has 0 bridgehead atoms. The maximum Gasteiger partial charge on any atom is 0.0639 e. The fourth-order valence-electron chi connectivity index (χ4n) is 2.66. The average Bonchev–Trinajstić information content (AvgIpc) is 2.39. The van der Waals surface area contributed by atoms with Gasteiger partial charge in [0.15, 0.2) is 0 Å². The van der Waals surface area contributed by atoms with Gasteiger partial charge in [0.25, 0.3) is 0 Å². The van der Waals surface area contributed by atoms with E-state index in [4.69, 9.17) is 11.6 Å². The van der Waals surface area contributed by atoms with Crippen LogP contribution in [-0.4, -0.2) is 49.3 Å². The standard InChI is InChI=1S/C14H21ClN2O/c1-16(2)14(11-18)8-5-9-17(10-14)13-7-4-3-6-12(13)15/h3-4,6-7,18H,5,8-11H2,1-2H3. The summed E-state index contributed by atoms with van der Waals surface area (Å²) in [6.45, 7) is 2.00. The molecule has 0 amide bonds. The monoisotopic (exact) mass is 268 g/mol. The third kappa shape index (κ3) is 2.48. The minimum Gasteiger partial charge on any atom is -0.394 e. The van der Waals surface area contributed by atoms with E-state index in [1.54, 1.807) is 0 Å². The summed E-state index contributed by atoms with van der Waals surface area (Å²) in [7, 11) is 4.07. The van der Waals surface area contributed by atoms with E-state index in [1.807, 2.05) is 38.4 Å². The number of halogens is 1. The molecule has 1 aromatic carbocycles. The Morgan fingerprint density at radius 1 is 1.39 bits per heavy atom. The molecule has 0 saturated carbocycles. The van der Waals surface area contributed by atoms with Crippen molar-refractivity contribution in [3.63, 3.8) is 0 Å². The van der Waals surface area contributed by atoms with Crippen molar-refractivity contribution in [2.24, 2.45) is 0 Å². The second-order valence-corrected chi connectivity index (χ2v) is 5.66. The first-order chi connectivity index (χ1) is 8.59. The topological polar surface area (TPSA) is 26.7 Å². The Morgan fingerprint density at radius 2 is 2.11 bits per heavy atom. The minimum absolute atomic E-state index is 0.155. The van der Waals surface area contributed by atoms with Gasteiger partial charge in [0, 0.05) is 13.1 Å². The normalized spacial score (nSPS) is 24.6. The molecule has 2 rings (SSSR count). The molecule has 1 aliphatic rings.